The largest absolute Gasteiger partial charge is 0.493 e. The van der Waals surface area contributed by atoms with Crippen LogP contribution in [0, 0.1) is 10.1 Å². The van der Waals surface area contributed by atoms with Crippen molar-refractivity contribution in [2.75, 3.05) is 36.6 Å². The first-order valence-electron chi connectivity index (χ1n) is 9.30. The number of rotatable bonds is 10. The number of nitrogen functional groups attached to an aromatic ring is 1. The van der Waals surface area contributed by atoms with Crippen molar-refractivity contribution in [3.63, 3.8) is 0 Å². The topological polar surface area (TPSA) is 172 Å². The van der Waals surface area contributed by atoms with Crippen LogP contribution in [0.15, 0.2) is 52.7 Å². The number of hydrazone groups is 1. The van der Waals surface area contributed by atoms with Gasteiger partial charge in [0.25, 0.3) is 11.6 Å². The van der Waals surface area contributed by atoms with Gasteiger partial charge in [-0.2, -0.15) is 5.10 Å². The third-order valence-electron chi connectivity index (χ3n) is 4.12. The predicted octanol–water partition coefficient (Wildman–Crippen LogP) is 2.09. The third-order valence-corrected chi connectivity index (χ3v) is 5.07. The molecule has 13 nitrogen and oxygen atoms in total. The Morgan fingerprint density at radius 3 is 2.76 bits per heavy atom. The molecule has 2 aromatic carbocycles. The molecule has 0 fully saturated rings. The van der Waals surface area contributed by atoms with Gasteiger partial charge in [0, 0.05) is 29.4 Å². The SMILES string of the molecule is COc1ccc(NC(=O)CSc2nnc(N/N=C/c3cccc([N+](=O)[O-])c3)n2N)cc1OC. The molecule has 0 aliphatic carbocycles. The van der Waals surface area contributed by atoms with E-state index < -0.39 is 4.92 Å². The molecule has 14 heteroatoms. The summed E-state index contributed by atoms with van der Waals surface area (Å²) in [6.45, 7) is 0. The first kappa shape index (κ1) is 23.3. The van der Waals surface area contributed by atoms with E-state index in [9.17, 15) is 14.9 Å². The van der Waals surface area contributed by atoms with Crippen LogP contribution in [0.4, 0.5) is 17.3 Å². The summed E-state index contributed by atoms with van der Waals surface area (Å²) in [7, 11) is 3.03. The molecule has 0 unspecified atom stereocenters. The summed E-state index contributed by atoms with van der Waals surface area (Å²) in [6.07, 6.45) is 1.38. The van der Waals surface area contributed by atoms with Crippen molar-refractivity contribution in [2.24, 2.45) is 5.10 Å². The number of non-ortho nitro benzene ring substituents is 1. The summed E-state index contributed by atoms with van der Waals surface area (Å²) in [5.74, 6) is 6.85. The first-order valence-corrected chi connectivity index (χ1v) is 10.3. The molecule has 0 aliphatic heterocycles. The fourth-order valence-corrected chi connectivity index (χ4v) is 3.23. The molecule has 0 saturated carbocycles. The number of nitrogens with two attached hydrogens (primary N) is 1. The molecule has 1 amide bonds. The summed E-state index contributed by atoms with van der Waals surface area (Å²) in [5.41, 5.74) is 3.62. The van der Waals surface area contributed by atoms with Crippen LogP contribution in [0.1, 0.15) is 5.56 Å². The number of thioether (sulfide) groups is 1. The minimum absolute atomic E-state index is 0.0284. The van der Waals surface area contributed by atoms with Crippen LogP contribution < -0.4 is 26.1 Å². The second kappa shape index (κ2) is 10.8. The van der Waals surface area contributed by atoms with Gasteiger partial charge < -0.3 is 20.6 Å². The molecule has 1 aromatic heterocycles. The minimum atomic E-state index is -0.494. The van der Waals surface area contributed by atoms with Gasteiger partial charge in [-0.1, -0.05) is 23.9 Å². The molecule has 3 aromatic rings. The zero-order chi connectivity index (χ0) is 23.8. The number of carbonyl (C=O) groups is 1. The normalized spacial score (nSPS) is 10.7. The summed E-state index contributed by atoms with van der Waals surface area (Å²) in [6, 6.07) is 11.0. The smallest absolute Gasteiger partial charge is 0.270 e. The number of ether oxygens (including phenoxy) is 2. The number of amides is 1. The maximum Gasteiger partial charge on any atom is 0.270 e. The number of hydrogen-bond donors (Lipinski definition) is 3. The van der Waals surface area contributed by atoms with E-state index in [0.717, 1.165) is 16.4 Å². The Morgan fingerprint density at radius 1 is 1.24 bits per heavy atom. The maximum atomic E-state index is 12.3. The van der Waals surface area contributed by atoms with E-state index >= 15 is 0 Å². The van der Waals surface area contributed by atoms with E-state index in [1.165, 1.54) is 32.6 Å². The Labute approximate surface area is 192 Å². The highest BCUT2D eigenvalue weighted by Gasteiger charge is 2.13. The quantitative estimate of drug-likeness (QED) is 0.130. The zero-order valence-corrected chi connectivity index (χ0v) is 18.4. The second-order valence-corrected chi connectivity index (χ2v) is 7.25. The van der Waals surface area contributed by atoms with Crippen LogP contribution in [-0.4, -0.2) is 51.9 Å². The number of nitro benzene ring substituents is 1. The number of aromatic nitrogens is 3. The zero-order valence-electron chi connectivity index (χ0n) is 17.6. The average Bonchev–Trinajstić information content (AvgIpc) is 3.17. The minimum Gasteiger partial charge on any atom is -0.493 e. The maximum absolute atomic E-state index is 12.3. The lowest BCUT2D eigenvalue weighted by atomic mass is 10.2. The summed E-state index contributed by atoms with van der Waals surface area (Å²) < 4.78 is 11.5. The van der Waals surface area contributed by atoms with Crippen LogP contribution in [0.5, 0.6) is 11.5 Å². The van der Waals surface area contributed by atoms with Crippen molar-refractivity contribution in [2.45, 2.75) is 5.16 Å². The standard InChI is InChI=1S/C19H20N8O5S/c1-31-15-7-6-13(9-16(15)32-2)22-17(28)11-33-19-25-24-18(26(19)20)23-21-10-12-4-3-5-14(8-12)27(29)30/h3-10H,11,20H2,1-2H3,(H,22,28)(H,23,24)/b21-10+. The predicted molar refractivity (Wildman–Crippen MR) is 123 cm³/mol. The molecule has 0 spiro atoms. The van der Waals surface area contributed by atoms with Gasteiger partial charge in [-0.15, -0.1) is 10.2 Å². The summed E-state index contributed by atoms with van der Waals surface area (Å²) >= 11 is 1.08. The van der Waals surface area contributed by atoms with Gasteiger partial charge in [0.15, 0.2) is 11.5 Å². The average molecular weight is 472 g/mol. The van der Waals surface area contributed by atoms with E-state index in [0.29, 0.717) is 22.7 Å². The second-order valence-electron chi connectivity index (χ2n) is 6.30. The molecular weight excluding hydrogens is 452 g/mol. The van der Waals surface area contributed by atoms with Gasteiger partial charge in [-0.25, -0.2) is 10.1 Å². The number of nitrogens with zero attached hydrogens (tertiary/aromatic N) is 5. The molecule has 0 radical (unpaired) electrons. The number of hydrogen-bond acceptors (Lipinski definition) is 11. The van der Waals surface area contributed by atoms with Crippen molar-refractivity contribution < 1.29 is 19.2 Å². The highest BCUT2D eigenvalue weighted by atomic mass is 32.2. The molecule has 0 atom stereocenters. The lowest BCUT2D eigenvalue weighted by Gasteiger charge is -2.10. The molecule has 0 aliphatic rings. The molecular formula is C19H20N8O5S. The van der Waals surface area contributed by atoms with Gasteiger partial charge in [0.2, 0.25) is 11.1 Å². The molecule has 4 N–H and O–H groups in total. The van der Waals surface area contributed by atoms with Gasteiger partial charge >= 0.3 is 0 Å². The van der Waals surface area contributed by atoms with Gasteiger partial charge in [-0.05, 0) is 12.1 Å². The van der Waals surface area contributed by atoms with E-state index in [-0.39, 0.29) is 28.5 Å². The fraction of sp³-hybridized carbons (Fsp3) is 0.158. The molecule has 172 valence electrons. The monoisotopic (exact) mass is 472 g/mol. The van der Waals surface area contributed by atoms with Gasteiger partial charge in [0.05, 0.1) is 31.1 Å². The number of anilines is 2. The third kappa shape index (κ3) is 6.10. The molecule has 0 bridgehead atoms. The highest BCUT2D eigenvalue weighted by molar-refractivity contribution is 7.99. The lowest BCUT2D eigenvalue weighted by molar-refractivity contribution is -0.384. The van der Waals surface area contributed by atoms with E-state index in [2.05, 4.69) is 26.0 Å². The Morgan fingerprint density at radius 2 is 2.03 bits per heavy atom. The number of nitro groups is 1. The van der Waals surface area contributed by atoms with Crippen LogP contribution in [0.3, 0.4) is 0 Å². The van der Waals surface area contributed by atoms with Crippen LogP contribution in [-0.2, 0) is 4.79 Å². The van der Waals surface area contributed by atoms with Crippen molar-refractivity contribution >= 4 is 41.2 Å². The number of methoxy groups -OCH3 is 2. The Hall–Kier alpha value is -4.33. The molecule has 33 heavy (non-hydrogen) atoms. The van der Waals surface area contributed by atoms with Gasteiger partial charge in [-0.3, -0.25) is 14.9 Å². The van der Waals surface area contributed by atoms with Crippen molar-refractivity contribution in [3.05, 3.63) is 58.1 Å². The highest BCUT2D eigenvalue weighted by Crippen LogP contribution is 2.29. The van der Waals surface area contributed by atoms with Crippen LogP contribution >= 0.6 is 11.8 Å². The Balaban J connectivity index is 1.55. The van der Waals surface area contributed by atoms with Crippen LogP contribution in [0.25, 0.3) is 0 Å². The summed E-state index contributed by atoms with van der Waals surface area (Å²) in [4.78, 5) is 22.6. The Kier molecular flexibility index (Phi) is 7.64. The van der Waals surface area contributed by atoms with Gasteiger partial charge in [0.1, 0.15) is 0 Å². The van der Waals surface area contributed by atoms with E-state index in [1.807, 2.05) is 0 Å². The fourth-order valence-electron chi connectivity index (χ4n) is 2.58. The number of nitrogens with one attached hydrogen (secondary N) is 2. The Bertz CT molecular complexity index is 1180. The van der Waals surface area contributed by atoms with E-state index in [4.69, 9.17) is 15.3 Å². The first-order chi connectivity index (χ1) is 15.9. The molecule has 0 saturated heterocycles. The van der Waals surface area contributed by atoms with Crippen molar-refractivity contribution in [3.8, 4) is 11.5 Å². The number of benzene rings is 2. The van der Waals surface area contributed by atoms with Crippen LogP contribution in [0.2, 0.25) is 0 Å². The number of carbonyl (C=O) groups excluding carboxylic acids is 1. The molecule has 3 rings (SSSR count). The van der Waals surface area contributed by atoms with Crippen molar-refractivity contribution in [1.82, 2.24) is 14.9 Å². The summed E-state index contributed by atoms with van der Waals surface area (Å²) in [5, 5.41) is 25.6. The molecule has 1 heterocycles. The van der Waals surface area contributed by atoms with E-state index in [1.54, 1.807) is 30.3 Å². The lowest BCUT2D eigenvalue weighted by Crippen LogP contribution is -2.17. The van der Waals surface area contributed by atoms with Crippen molar-refractivity contribution in [1.29, 1.82) is 0 Å².